The van der Waals surface area contributed by atoms with Gasteiger partial charge in [-0.25, -0.2) is 9.78 Å². The van der Waals surface area contributed by atoms with Crippen molar-refractivity contribution in [3.05, 3.63) is 24.3 Å². The predicted octanol–water partition coefficient (Wildman–Crippen LogP) is 0.617. The number of imide groups is 1. The number of nitrogens with one attached hydrogen (secondary N) is 2. The van der Waals surface area contributed by atoms with Crippen LogP contribution in [-0.4, -0.2) is 40.0 Å². The number of fused-ring (bicyclic) bond motifs is 3. The largest absolute Gasteiger partial charge is 0.335 e. The van der Waals surface area contributed by atoms with Gasteiger partial charge in [0.15, 0.2) is 0 Å². The number of para-hydroxylation sites is 2. The lowest BCUT2D eigenvalue weighted by molar-refractivity contribution is -0.130. The van der Waals surface area contributed by atoms with Crippen molar-refractivity contribution in [3.63, 3.8) is 0 Å². The number of carbonyl (C=O) groups is 3. The smallest absolute Gasteiger partial charge is 0.321 e. The molecule has 1 aromatic carbocycles. The minimum atomic E-state index is -0.575. The summed E-state index contributed by atoms with van der Waals surface area (Å²) in [4.78, 5) is 42.1. The van der Waals surface area contributed by atoms with Crippen LogP contribution in [0.15, 0.2) is 24.3 Å². The van der Waals surface area contributed by atoms with Gasteiger partial charge in [-0.15, -0.1) is 0 Å². The van der Waals surface area contributed by atoms with Crippen molar-refractivity contribution in [1.29, 1.82) is 0 Å². The Hall–Kier alpha value is -2.90. The van der Waals surface area contributed by atoms with Crippen molar-refractivity contribution in [2.24, 2.45) is 5.92 Å². The zero-order valence-corrected chi connectivity index (χ0v) is 13.2. The molecule has 8 heteroatoms. The molecule has 2 aromatic rings. The van der Waals surface area contributed by atoms with Gasteiger partial charge in [-0.05, 0) is 19.1 Å². The molecule has 2 N–H and O–H groups in total. The van der Waals surface area contributed by atoms with Crippen LogP contribution in [0.1, 0.15) is 13.3 Å². The summed E-state index contributed by atoms with van der Waals surface area (Å²) in [7, 11) is 0. The van der Waals surface area contributed by atoms with Gasteiger partial charge in [0.05, 0.1) is 17.0 Å². The minimum Gasteiger partial charge on any atom is -0.335 e. The highest BCUT2D eigenvalue weighted by atomic mass is 16.2. The zero-order chi connectivity index (χ0) is 16.8. The van der Waals surface area contributed by atoms with Gasteiger partial charge in [0, 0.05) is 25.6 Å². The summed E-state index contributed by atoms with van der Waals surface area (Å²) in [6.45, 7) is 2.96. The second-order valence-corrected chi connectivity index (χ2v) is 6.16. The van der Waals surface area contributed by atoms with Crippen LogP contribution in [0.25, 0.3) is 11.0 Å². The lowest BCUT2D eigenvalue weighted by Crippen LogP contribution is -2.57. The van der Waals surface area contributed by atoms with Gasteiger partial charge in [-0.2, -0.15) is 0 Å². The lowest BCUT2D eigenvalue weighted by atomic mass is 9.94. The van der Waals surface area contributed by atoms with Gasteiger partial charge in [0.25, 0.3) is 0 Å². The molecule has 1 aromatic heterocycles. The van der Waals surface area contributed by atoms with Crippen LogP contribution in [0.4, 0.5) is 10.7 Å². The Kier molecular flexibility index (Phi) is 3.26. The Morgan fingerprint density at radius 2 is 2.08 bits per heavy atom. The van der Waals surface area contributed by atoms with Gasteiger partial charge in [-0.3, -0.25) is 19.8 Å². The highest BCUT2D eigenvalue weighted by Crippen LogP contribution is 2.28. The maximum atomic E-state index is 12.7. The molecular formula is C16H17N5O3. The minimum absolute atomic E-state index is 0.0382. The summed E-state index contributed by atoms with van der Waals surface area (Å²) in [6, 6.07) is 6.85. The van der Waals surface area contributed by atoms with E-state index in [-0.39, 0.29) is 18.4 Å². The van der Waals surface area contributed by atoms with Gasteiger partial charge in [0.2, 0.25) is 17.8 Å². The number of hydrogen-bond donors (Lipinski definition) is 2. The lowest BCUT2D eigenvalue weighted by Gasteiger charge is -2.29. The van der Waals surface area contributed by atoms with Gasteiger partial charge >= 0.3 is 6.03 Å². The summed E-state index contributed by atoms with van der Waals surface area (Å²) in [6.07, 6.45) is 0.0382. The molecule has 0 spiro atoms. The van der Waals surface area contributed by atoms with E-state index < -0.39 is 17.9 Å². The molecule has 1 saturated heterocycles. The maximum Gasteiger partial charge on any atom is 0.321 e. The molecule has 2 unspecified atom stereocenters. The van der Waals surface area contributed by atoms with E-state index in [0.29, 0.717) is 19.0 Å². The van der Waals surface area contributed by atoms with Crippen LogP contribution in [0.3, 0.4) is 0 Å². The summed E-state index contributed by atoms with van der Waals surface area (Å²) >= 11 is 0. The highest BCUT2D eigenvalue weighted by molar-refractivity contribution is 6.02. The third-order valence-electron chi connectivity index (χ3n) is 4.65. The first-order valence-corrected chi connectivity index (χ1v) is 7.91. The fourth-order valence-corrected chi connectivity index (χ4v) is 3.37. The van der Waals surface area contributed by atoms with Crippen molar-refractivity contribution in [2.45, 2.75) is 25.9 Å². The molecule has 4 rings (SSSR count). The molecule has 4 amide bonds. The van der Waals surface area contributed by atoms with Gasteiger partial charge in [-0.1, -0.05) is 12.1 Å². The maximum absolute atomic E-state index is 12.7. The number of nitrogens with zero attached hydrogens (tertiary/aromatic N) is 3. The molecule has 2 aliphatic heterocycles. The molecule has 1 fully saturated rings. The number of rotatable bonds is 2. The normalized spacial score (nSPS) is 23.1. The summed E-state index contributed by atoms with van der Waals surface area (Å²) in [5.41, 5.74) is 1.85. The van der Waals surface area contributed by atoms with Crippen LogP contribution in [0, 0.1) is 5.92 Å². The van der Waals surface area contributed by atoms with Crippen LogP contribution < -0.4 is 15.5 Å². The Bertz CT molecular complexity index is 859. The summed E-state index contributed by atoms with van der Waals surface area (Å²) in [5.74, 6) is -0.526. The van der Waals surface area contributed by atoms with Crippen molar-refractivity contribution < 1.29 is 14.4 Å². The molecule has 0 saturated carbocycles. The number of amides is 4. The number of urea groups is 1. The topological polar surface area (TPSA) is 96.3 Å². The Morgan fingerprint density at radius 1 is 1.29 bits per heavy atom. The molecule has 0 aliphatic carbocycles. The van der Waals surface area contributed by atoms with Crippen LogP contribution in [-0.2, 0) is 16.1 Å². The molecule has 2 atom stereocenters. The average molecular weight is 327 g/mol. The fraction of sp³-hybridized carbons (Fsp3) is 0.375. The van der Waals surface area contributed by atoms with E-state index in [1.54, 1.807) is 11.8 Å². The zero-order valence-electron chi connectivity index (χ0n) is 13.2. The van der Waals surface area contributed by atoms with Crippen LogP contribution in [0.2, 0.25) is 0 Å². The van der Waals surface area contributed by atoms with Crippen LogP contribution >= 0.6 is 0 Å². The van der Waals surface area contributed by atoms with E-state index in [1.165, 1.54) is 0 Å². The summed E-state index contributed by atoms with van der Waals surface area (Å²) < 4.78 is 2.01. The predicted molar refractivity (Wildman–Crippen MR) is 86.3 cm³/mol. The Labute approximate surface area is 137 Å². The van der Waals surface area contributed by atoms with Crippen molar-refractivity contribution >= 4 is 34.8 Å². The number of aromatic nitrogens is 2. The van der Waals surface area contributed by atoms with E-state index in [2.05, 4.69) is 15.6 Å². The number of imidazole rings is 1. The fourth-order valence-electron chi connectivity index (χ4n) is 3.37. The first-order chi connectivity index (χ1) is 11.5. The number of benzene rings is 1. The molecule has 2 aliphatic rings. The quantitative estimate of drug-likeness (QED) is 0.845. The Morgan fingerprint density at radius 3 is 2.88 bits per heavy atom. The van der Waals surface area contributed by atoms with Crippen molar-refractivity contribution in [3.8, 4) is 0 Å². The van der Waals surface area contributed by atoms with E-state index in [4.69, 9.17) is 0 Å². The molecule has 24 heavy (non-hydrogen) atoms. The SMILES string of the molecule is CC1NC(=O)NC(=O)C1CC(=O)N1CCn2c1nc1ccccc12. The summed E-state index contributed by atoms with van der Waals surface area (Å²) in [5, 5.41) is 4.85. The van der Waals surface area contributed by atoms with Gasteiger partial charge in [0.1, 0.15) is 0 Å². The molecule has 3 heterocycles. The number of hydrogen-bond acceptors (Lipinski definition) is 4. The monoisotopic (exact) mass is 327 g/mol. The standard InChI is InChI=1S/C16H17N5O3/c1-9-10(14(23)19-15(24)17-9)8-13(22)21-7-6-20-12-5-3-2-4-11(12)18-16(20)21/h2-5,9-10H,6-8H2,1H3,(H2,17,19,23,24). The van der Waals surface area contributed by atoms with Crippen LogP contribution in [0.5, 0.6) is 0 Å². The van der Waals surface area contributed by atoms with Gasteiger partial charge < -0.3 is 9.88 Å². The number of anilines is 1. The molecule has 0 bridgehead atoms. The van der Waals surface area contributed by atoms with E-state index >= 15 is 0 Å². The van der Waals surface area contributed by atoms with E-state index in [9.17, 15) is 14.4 Å². The molecule has 124 valence electrons. The number of carbonyl (C=O) groups excluding carboxylic acids is 3. The Balaban J connectivity index is 1.57. The van der Waals surface area contributed by atoms with E-state index in [1.807, 2.05) is 28.8 Å². The molecular weight excluding hydrogens is 310 g/mol. The van der Waals surface area contributed by atoms with Crippen molar-refractivity contribution in [2.75, 3.05) is 11.4 Å². The second kappa shape index (κ2) is 5.33. The molecule has 0 radical (unpaired) electrons. The highest BCUT2D eigenvalue weighted by Gasteiger charge is 2.37. The third-order valence-corrected chi connectivity index (χ3v) is 4.65. The second-order valence-electron chi connectivity index (χ2n) is 6.16. The van der Waals surface area contributed by atoms with Crippen molar-refractivity contribution in [1.82, 2.24) is 20.2 Å². The average Bonchev–Trinajstić information content (AvgIpc) is 3.09. The first-order valence-electron chi connectivity index (χ1n) is 7.91. The first kappa shape index (κ1) is 14.7. The third kappa shape index (κ3) is 2.22. The molecule has 8 nitrogen and oxygen atoms in total. The van der Waals surface area contributed by atoms with E-state index in [0.717, 1.165) is 11.0 Å².